The predicted octanol–water partition coefficient (Wildman–Crippen LogP) is 1.54. The van der Waals surface area contributed by atoms with Crippen LogP contribution in [0.15, 0.2) is 0 Å². The molecule has 0 saturated heterocycles. The maximum Gasteiger partial charge on any atom is 0.223 e. The zero-order valence-corrected chi connectivity index (χ0v) is 11.9. The maximum absolute atomic E-state index is 12.0. The lowest BCUT2D eigenvalue weighted by atomic mass is 9.77. The largest absolute Gasteiger partial charge is 0.379 e. The Morgan fingerprint density at radius 3 is 2.83 bits per heavy atom. The van der Waals surface area contributed by atoms with Crippen LogP contribution in [-0.4, -0.2) is 31.7 Å². The van der Waals surface area contributed by atoms with Gasteiger partial charge < -0.3 is 15.8 Å². The molecule has 4 heteroatoms. The summed E-state index contributed by atoms with van der Waals surface area (Å²) in [6, 6.07) is 0.173. The van der Waals surface area contributed by atoms with Crippen molar-refractivity contribution in [3.63, 3.8) is 0 Å². The molecule has 0 radical (unpaired) electrons. The second-order valence-corrected chi connectivity index (χ2v) is 5.82. The molecule has 0 aromatic rings. The lowest BCUT2D eigenvalue weighted by Crippen LogP contribution is -2.44. The maximum atomic E-state index is 12.0. The number of rotatable bonds is 6. The predicted molar refractivity (Wildman–Crippen MR) is 73.1 cm³/mol. The molecular weight excluding hydrogens is 228 g/mol. The Kier molecular flexibility index (Phi) is 6.65. The minimum atomic E-state index is 0.0823. The van der Waals surface area contributed by atoms with E-state index in [1.54, 1.807) is 0 Å². The number of ether oxygens (including phenoxy) is 1. The van der Waals surface area contributed by atoms with Crippen molar-refractivity contribution in [2.45, 2.75) is 46.1 Å². The molecule has 1 fully saturated rings. The highest BCUT2D eigenvalue weighted by Gasteiger charge is 2.32. The van der Waals surface area contributed by atoms with Crippen LogP contribution in [0.25, 0.3) is 0 Å². The zero-order chi connectivity index (χ0) is 13.5. The molecule has 0 aliphatic heterocycles. The van der Waals surface area contributed by atoms with E-state index in [1.165, 1.54) is 0 Å². The minimum absolute atomic E-state index is 0.0823. The molecule has 0 aromatic carbocycles. The summed E-state index contributed by atoms with van der Waals surface area (Å²) >= 11 is 0. The SMILES string of the molecule is CC(C)COCCNC(=O)C1CCCC(N)C1C. The third-order valence-electron chi connectivity index (χ3n) is 3.70. The van der Waals surface area contributed by atoms with Gasteiger partial charge in [0.2, 0.25) is 5.91 Å². The Morgan fingerprint density at radius 1 is 1.44 bits per heavy atom. The van der Waals surface area contributed by atoms with Crippen molar-refractivity contribution >= 4 is 5.91 Å². The van der Waals surface area contributed by atoms with E-state index >= 15 is 0 Å². The van der Waals surface area contributed by atoms with E-state index in [0.717, 1.165) is 25.9 Å². The first-order valence-electron chi connectivity index (χ1n) is 7.13. The number of nitrogens with two attached hydrogens (primary N) is 1. The van der Waals surface area contributed by atoms with Gasteiger partial charge in [-0.3, -0.25) is 4.79 Å². The molecule has 3 N–H and O–H groups in total. The minimum Gasteiger partial charge on any atom is -0.379 e. The van der Waals surface area contributed by atoms with Crippen LogP contribution in [-0.2, 0) is 9.53 Å². The molecule has 1 amide bonds. The highest BCUT2D eigenvalue weighted by atomic mass is 16.5. The van der Waals surface area contributed by atoms with Gasteiger partial charge in [0.1, 0.15) is 0 Å². The van der Waals surface area contributed by atoms with Crippen LogP contribution in [0.3, 0.4) is 0 Å². The van der Waals surface area contributed by atoms with Crippen LogP contribution in [0.2, 0.25) is 0 Å². The van der Waals surface area contributed by atoms with Gasteiger partial charge in [-0.1, -0.05) is 27.2 Å². The van der Waals surface area contributed by atoms with E-state index in [0.29, 0.717) is 19.1 Å². The summed E-state index contributed by atoms with van der Waals surface area (Å²) in [4.78, 5) is 12.0. The number of carbonyl (C=O) groups excluding carboxylic acids is 1. The second kappa shape index (κ2) is 7.74. The van der Waals surface area contributed by atoms with Crippen molar-refractivity contribution in [1.29, 1.82) is 0 Å². The van der Waals surface area contributed by atoms with E-state index in [-0.39, 0.29) is 23.8 Å². The van der Waals surface area contributed by atoms with Crippen LogP contribution in [0.4, 0.5) is 0 Å². The summed E-state index contributed by atoms with van der Waals surface area (Å²) < 4.78 is 5.44. The summed E-state index contributed by atoms with van der Waals surface area (Å²) in [7, 11) is 0. The second-order valence-electron chi connectivity index (χ2n) is 5.82. The Balaban J connectivity index is 2.19. The molecule has 18 heavy (non-hydrogen) atoms. The first-order valence-corrected chi connectivity index (χ1v) is 7.13. The van der Waals surface area contributed by atoms with Crippen LogP contribution in [0.1, 0.15) is 40.0 Å². The lowest BCUT2D eigenvalue weighted by molar-refractivity contribution is -0.128. The molecule has 1 saturated carbocycles. The van der Waals surface area contributed by atoms with Gasteiger partial charge in [0.25, 0.3) is 0 Å². The van der Waals surface area contributed by atoms with Gasteiger partial charge in [-0.2, -0.15) is 0 Å². The summed E-state index contributed by atoms with van der Waals surface area (Å²) in [6.07, 6.45) is 3.07. The Hall–Kier alpha value is -0.610. The normalized spacial score (nSPS) is 28.4. The molecule has 0 bridgehead atoms. The first kappa shape index (κ1) is 15.4. The standard InChI is InChI=1S/C14H28N2O2/c1-10(2)9-18-8-7-16-14(17)12-5-4-6-13(15)11(12)3/h10-13H,4-9,15H2,1-3H3,(H,16,17). The number of nitrogens with one attached hydrogen (secondary N) is 1. The molecule has 3 unspecified atom stereocenters. The first-order chi connectivity index (χ1) is 8.52. The molecule has 106 valence electrons. The van der Waals surface area contributed by atoms with Crippen molar-refractivity contribution < 1.29 is 9.53 Å². The van der Waals surface area contributed by atoms with Gasteiger partial charge in [-0.15, -0.1) is 0 Å². The van der Waals surface area contributed by atoms with Crippen molar-refractivity contribution in [3.05, 3.63) is 0 Å². The van der Waals surface area contributed by atoms with Gasteiger partial charge in [-0.05, 0) is 24.7 Å². The molecule has 0 spiro atoms. The molecule has 4 nitrogen and oxygen atoms in total. The van der Waals surface area contributed by atoms with Gasteiger partial charge in [0.05, 0.1) is 6.61 Å². The van der Waals surface area contributed by atoms with Crippen molar-refractivity contribution in [2.75, 3.05) is 19.8 Å². The van der Waals surface area contributed by atoms with Gasteiger partial charge in [-0.25, -0.2) is 0 Å². The molecule has 1 aliphatic rings. The summed E-state index contributed by atoms with van der Waals surface area (Å²) in [5.74, 6) is 1.05. The van der Waals surface area contributed by atoms with Crippen LogP contribution >= 0.6 is 0 Å². The summed E-state index contributed by atoms with van der Waals surface area (Å²) in [5, 5.41) is 2.96. The fourth-order valence-electron chi connectivity index (χ4n) is 2.46. The number of carbonyl (C=O) groups is 1. The summed E-state index contributed by atoms with van der Waals surface area (Å²) in [6.45, 7) is 8.26. The Labute approximate surface area is 111 Å². The van der Waals surface area contributed by atoms with E-state index in [1.807, 2.05) is 0 Å². The molecule has 3 atom stereocenters. The van der Waals surface area contributed by atoms with Crippen molar-refractivity contribution in [1.82, 2.24) is 5.32 Å². The zero-order valence-electron chi connectivity index (χ0n) is 11.9. The van der Waals surface area contributed by atoms with Crippen LogP contribution < -0.4 is 11.1 Å². The third-order valence-corrected chi connectivity index (χ3v) is 3.70. The van der Waals surface area contributed by atoms with E-state index in [4.69, 9.17) is 10.5 Å². The monoisotopic (exact) mass is 256 g/mol. The Morgan fingerprint density at radius 2 is 2.17 bits per heavy atom. The van der Waals surface area contributed by atoms with Crippen LogP contribution in [0, 0.1) is 17.8 Å². The molecule has 1 rings (SSSR count). The van der Waals surface area contributed by atoms with Crippen LogP contribution in [0.5, 0.6) is 0 Å². The third kappa shape index (κ3) is 4.94. The van der Waals surface area contributed by atoms with Crippen molar-refractivity contribution in [2.24, 2.45) is 23.5 Å². The summed E-state index contributed by atoms with van der Waals surface area (Å²) in [5.41, 5.74) is 6.01. The Bertz CT molecular complexity index is 256. The quantitative estimate of drug-likeness (QED) is 0.709. The highest BCUT2D eigenvalue weighted by molar-refractivity contribution is 5.79. The van der Waals surface area contributed by atoms with Gasteiger partial charge in [0, 0.05) is 25.1 Å². The molecule has 0 aromatic heterocycles. The highest BCUT2D eigenvalue weighted by Crippen LogP contribution is 2.28. The lowest BCUT2D eigenvalue weighted by Gasteiger charge is -2.32. The van der Waals surface area contributed by atoms with Gasteiger partial charge in [0.15, 0.2) is 0 Å². The topological polar surface area (TPSA) is 64.3 Å². The fourth-order valence-corrected chi connectivity index (χ4v) is 2.46. The van der Waals surface area contributed by atoms with Crippen molar-refractivity contribution in [3.8, 4) is 0 Å². The number of amides is 1. The van der Waals surface area contributed by atoms with E-state index < -0.39 is 0 Å². The average Bonchev–Trinajstić information content (AvgIpc) is 2.31. The fraction of sp³-hybridized carbons (Fsp3) is 0.929. The average molecular weight is 256 g/mol. The number of hydrogen-bond acceptors (Lipinski definition) is 3. The van der Waals surface area contributed by atoms with E-state index in [9.17, 15) is 4.79 Å². The molecule has 1 aliphatic carbocycles. The molecular formula is C14H28N2O2. The molecule has 0 heterocycles. The van der Waals surface area contributed by atoms with Gasteiger partial charge >= 0.3 is 0 Å². The number of hydrogen-bond donors (Lipinski definition) is 2. The van der Waals surface area contributed by atoms with E-state index in [2.05, 4.69) is 26.1 Å². The smallest absolute Gasteiger partial charge is 0.223 e.